The average molecular weight is 213 g/mol. The Bertz CT molecular complexity index is 327. The summed E-state index contributed by atoms with van der Waals surface area (Å²) in [6.07, 6.45) is 3.36. The molecule has 0 saturated carbocycles. The lowest BCUT2D eigenvalue weighted by molar-refractivity contribution is 0.561. The smallest absolute Gasteiger partial charge is 0.144 e. The molecule has 0 aromatic carbocycles. The molecule has 1 aromatic rings. The minimum absolute atomic E-state index is 0.314. The maximum Gasteiger partial charge on any atom is 0.144 e. The Morgan fingerprint density at radius 1 is 1.57 bits per heavy atom. The van der Waals surface area contributed by atoms with Gasteiger partial charge in [0, 0.05) is 13.2 Å². The standard InChI is InChI=1S/C9H15N3OS/c1-9(2,3)14(13)10-7-8-5-6-12(4)11-8/h5-7H,1-4H3/b10-7+/t14-/m0/s1. The number of aryl methyl sites for hydroxylation is 1. The summed E-state index contributed by atoms with van der Waals surface area (Å²) in [5.74, 6) is 0. The van der Waals surface area contributed by atoms with Gasteiger partial charge in [-0.3, -0.25) is 4.68 Å². The maximum atomic E-state index is 11.5. The number of aromatic nitrogens is 2. The van der Waals surface area contributed by atoms with Gasteiger partial charge in [0.2, 0.25) is 0 Å². The molecule has 4 nitrogen and oxygen atoms in total. The molecule has 0 N–H and O–H groups in total. The van der Waals surface area contributed by atoms with E-state index in [0.717, 1.165) is 5.69 Å². The molecule has 0 unspecified atom stereocenters. The molecule has 0 amide bonds. The summed E-state index contributed by atoms with van der Waals surface area (Å²) in [7, 11) is 1.83. The van der Waals surface area contributed by atoms with E-state index in [-0.39, 0.29) is 4.75 Å². The average Bonchev–Trinajstić information content (AvgIpc) is 2.45. The van der Waals surface area contributed by atoms with E-state index in [2.05, 4.69) is 9.50 Å². The van der Waals surface area contributed by atoms with E-state index in [9.17, 15) is 4.55 Å². The van der Waals surface area contributed by atoms with E-state index < -0.39 is 11.4 Å². The first-order chi connectivity index (χ1) is 6.39. The Hall–Kier alpha value is -0.810. The zero-order valence-corrected chi connectivity index (χ0v) is 9.71. The molecule has 1 rings (SSSR count). The quantitative estimate of drug-likeness (QED) is 0.549. The Balaban J connectivity index is 2.65. The van der Waals surface area contributed by atoms with Gasteiger partial charge < -0.3 is 4.55 Å². The first-order valence-electron chi connectivity index (χ1n) is 4.35. The third-order valence-corrected chi connectivity index (χ3v) is 2.88. The number of rotatable bonds is 2. The maximum absolute atomic E-state index is 11.5. The van der Waals surface area contributed by atoms with Gasteiger partial charge in [0.1, 0.15) is 28.0 Å². The Morgan fingerprint density at radius 2 is 2.21 bits per heavy atom. The van der Waals surface area contributed by atoms with Crippen molar-refractivity contribution in [3.05, 3.63) is 18.0 Å². The van der Waals surface area contributed by atoms with Gasteiger partial charge in [-0.15, -0.1) is 0 Å². The van der Waals surface area contributed by atoms with E-state index >= 15 is 0 Å². The minimum Gasteiger partial charge on any atom is -0.591 e. The molecule has 0 aliphatic rings. The topological polar surface area (TPSA) is 53.2 Å². The predicted octanol–water partition coefficient (Wildman–Crippen LogP) is 1.30. The van der Waals surface area contributed by atoms with Crippen LogP contribution in [-0.4, -0.2) is 25.3 Å². The molecule has 0 bridgehead atoms. The predicted molar refractivity (Wildman–Crippen MR) is 58.7 cm³/mol. The fraction of sp³-hybridized carbons (Fsp3) is 0.556. The number of hydrogen-bond acceptors (Lipinski definition) is 3. The lowest BCUT2D eigenvalue weighted by atomic mass is 10.3. The van der Waals surface area contributed by atoms with Crippen LogP contribution >= 0.6 is 0 Å². The molecule has 1 aromatic heterocycles. The monoisotopic (exact) mass is 213 g/mol. The zero-order valence-electron chi connectivity index (χ0n) is 8.89. The molecule has 78 valence electrons. The molecule has 0 radical (unpaired) electrons. The van der Waals surface area contributed by atoms with Crippen LogP contribution in [0.2, 0.25) is 0 Å². The van der Waals surface area contributed by atoms with Crippen LogP contribution in [0.4, 0.5) is 0 Å². The second-order valence-corrected chi connectivity index (χ2v) is 5.94. The summed E-state index contributed by atoms with van der Waals surface area (Å²) >= 11 is -1.21. The highest BCUT2D eigenvalue weighted by atomic mass is 32.2. The molecular formula is C9H15N3OS. The van der Waals surface area contributed by atoms with Crippen LogP contribution in [0.3, 0.4) is 0 Å². The first kappa shape index (κ1) is 11.3. The fourth-order valence-electron chi connectivity index (χ4n) is 0.762. The van der Waals surface area contributed by atoms with Crippen LogP contribution in [0, 0.1) is 0 Å². The lowest BCUT2D eigenvalue weighted by Gasteiger charge is -2.17. The van der Waals surface area contributed by atoms with Crippen molar-refractivity contribution >= 4 is 17.6 Å². The minimum atomic E-state index is -1.21. The van der Waals surface area contributed by atoms with Gasteiger partial charge in [-0.2, -0.15) is 5.10 Å². The van der Waals surface area contributed by atoms with Crippen molar-refractivity contribution in [1.82, 2.24) is 9.78 Å². The van der Waals surface area contributed by atoms with Crippen LogP contribution in [-0.2, 0) is 18.4 Å². The van der Waals surface area contributed by atoms with Gasteiger partial charge in [-0.05, 0) is 26.8 Å². The van der Waals surface area contributed by atoms with Crippen LogP contribution in [0.15, 0.2) is 16.7 Å². The van der Waals surface area contributed by atoms with Crippen molar-refractivity contribution in [2.45, 2.75) is 25.5 Å². The summed E-state index contributed by atoms with van der Waals surface area (Å²) in [5, 5.41) is 4.10. The highest BCUT2D eigenvalue weighted by Crippen LogP contribution is 2.16. The SMILES string of the molecule is Cn1ccc(/C=N/[S@@+]([O-])C(C)(C)C)n1. The molecule has 14 heavy (non-hydrogen) atoms. The van der Waals surface area contributed by atoms with Crippen molar-refractivity contribution in [1.29, 1.82) is 0 Å². The number of nitrogens with zero attached hydrogens (tertiary/aromatic N) is 3. The lowest BCUT2D eigenvalue weighted by Crippen LogP contribution is -2.25. The fourth-order valence-corrected chi connectivity index (χ4v) is 1.28. The Morgan fingerprint density at radius 3 is 2.64 bits per heavy atom. The van der Waals surface area contributed by atoms with Crippen LogP contribution < -0.4 is 0 Å². The van der Waals surface area contributed by atoms with Crippen molar-refractivity contribution in [3.8, 4) is 0 Å². The van der Waals surface area contributed by atoms with Gasteiger partial charge in [-0.25, -0.2) is 0 Å². The van der Waals surface area contributed by atoms with Crippen molar-refractivity contribution < 1.29 is 4.55 Å². The van der Waals surface area contributed by atoms with Crippen molar-refractivity contribution in [2.24, 2.45) is 11.4 Å². The summed E-state index contributed by atoms with van der Waals surface area (Å²) in [6, 6.07) is 1.82. The van der Waals surface area contributed by atoms with Gasteiger partial charge >= 0.3 is 0 Å². The second kappa shape index (κ2) is 4.14. The van der Waals surface area contributed by atoms with Crippen molar-refractivity contribution in [3.63, 3.8) is 0 Å². The van der Waals surface area contributed by atoms with Gasteiger partial charge in [0.25, 0.3) is 0 Å². The summed E-state index contributed by atoms with van der Waals surface area (Å²) in [6.45, 7) is 5.66. The molecule has 0 saturated heterocycles. The second-order valence-electron chi connectivity index (χ2n) is 4.01. The van der Waals surface area contributed by atoms with Gasteiger partial charge in [0.05, 0.1) is 0 Å². The van der Waals surface area contributed by atoms with E-state index in [1.807, 2.05) is 40.1 Å². The molecule has 5 heteroatoms. The first-order valence-corrected chi connectivity index (χ1v) is 5.46. The van der Waals surface area contributed by atoms with Crippen LogP contribution in [0.25, 0.3) is 0 Å². The van der Waals surface area contributed by atoms with E-state index in [0.29, 0.717) is 0 Å². The van der Waals surface area contributed by atoms with Crippen LogP contribution in [0.5, 0.6) is 0 Å². The summed E-state index contributed by atoms with van der Waals surface area (Å²) in [5.41, 5.74) is 0.727. The Kier molecular flexibility index (Phi) is 3.34. The highest BCUT2D eigenvalue weighted by molar-refractivity contribution is 7.91. The summed E-state index contributed by atoms with van der Waals surface area (Å²) in [4.78, 5) is 0. The van der Waals surface area contributed by atoms with Crippen LogP contribution in [0.1, 0.15) is 26.5 Å². The number of hydrogen-bond donors (Lipinski definition) is 0. The molecule has 0 aliphatic carbocycles. The van der Waals surface area contributed by atoms with E-state index in [1.165, 1.54) is 0 Å². The Labute approximate surface area is 87.4 Å². The molecule has 0 aliphatic heterocycles. The third kappa shape index (κ3) is 3.16. The van der Waals surface area contributed by atoms with E-state index in [1.54, 1.807) is 10.9 Å². The third-order valence-electron chi connectivity index (χ3n) is 1.54. The molecule has 0 spiro atoms. The molecule has 1 atom stereocenters. The molecule has 0 fully saturated rings. The largest absolute Gasteiger partial charge is 0.591 e. The summed E-state index contributed by atoms with van der Waals surface area (Å²) < 4.78 is 16.8. The molecular weight excluding hydrogens is 198 g/mol. The molecule has 1 heterocycles. The van der Waals surface area contributed by atoms with E-state index in [4.69, 9.17) is 0 Å². The normalized spacial score (nSPS) is 14.9. The zero-order chi connectivity index (χ0) is 10.8. The van der Waals surface area contributed by atoms with Crippen molar-refractivity contribution in [2.75, 3.05) is 0 Å². The van der Waals surface area contributed by atoms with Gasteiger partial charge in [-0.1, -0.05) is 4.40 Å². The highest BCUT2D eigenvalue weighted by Gasteiger charge is 2.25. The van der Waals surface area contributed by atoms with Gasteiger partial charge in [0.15, 0.2) is 0 Å².